The normalized spacial score (nSPS) is 11.3. The number of hydrogen-bond donors (Lipinski definition) is 1. The Balaban J connectivity index is 1.84. The average molecular weight is 404 g/mol. The van der Waals surface area contributed by atoms with Crippen molar-refractivity contribution in [2.75, 3.05) is 5.32 Å². The van der Waals surface area contributed by atoms with Gasteiger partial charge in [0.2, 0.25) is 0 Å². The molecule has 0 saturated heterocycles. The van der Waals surface area contributed by atoms with E-state index in [9.17, 15) is 9.65 Å². The van der Waals surface area contributed by atoms with E-state index in [1.54, 1.807) is 31.2 Å². The summed E-state index contributed by atoms with van der Waals surface area (Å²) in [6.45, 7) is 1.69. The van der Waals surface area contributed by atoms with Gasteiger partial charge in [0, 0.05) is 22.8 Å². The number of halogens is 3. The van der Waals surface area contributed by atoms with E-state index >= 15 is 0 Å². The number of hydrogen-bond acceptors (Lipinski definition) is 4. The summed E-state index contributed by atoms with van der Waals surface area (Å²) in [5.41, 5.74) is 2.98. The number of anilines is 1. The maximum Gasteiger partial charge on any atom is 0.136 e. The van der Waals surface area contributed by atoms with Crippen molar-refractivity contribution >= 4 is 45.8 Å². The van der Waals surface area contributed by atoms with Gasteiger partial charge in [-0.1, -0.05) is 35.3 Å². The predicted octanol–water partition coefficient (Wildman–Crippen LogP) is 6.54. The number of thiazole rings is 1. The van der Waals surface area contributed by atoms with Crippen molar-refractivity contribution < 1.29 is 4.39 Å². The Morgan fingerprint density at radius 3 is 2.73 bits per heavy atom. The number of nitrogens with one attached hydrogen (secondary N) is 1. The van der Waals surface area contributed by atoms with E-state index in [-0.39, 0.29) is 5.82 Å². The summed E-state index contributed by atoms with van der Waals surface area (Å²) in [5, 5.41) is 15.6. The monoisotopic (exact) mass is 403 g/mol. The van der Waals surface area contributed by atoms with Crippen LogP contribution in [0.3, 0.4) is 0 Å². The van der Waals surface area contributed by atoms with Gasteiger partial charge in [-0.2, -0.15) is 5.26 Å². The first kappa shape index (κ1) is 18.4. The van der Waals surface area contributed by atoms with Gasteiger partial charge in [-0.05, 0) is 36.8 Å². The third kappa shape index (κ3) is 4.05. The van der Waals surface area contributed by atoms with Gasteiger partial charge in [0.1, 0.15) is 22.5 Å². The number of nitriles is 1. The largest absolute Gasteiger partial charge is 0.360 e. The summed E-state index contributed by atoms with van der Waals surface area (Å²) in [7, 11) is 0. The van der Waals surface area contributed by atoms with Crippen LogP contribution in [0.5, 0.6) is 0 Å². The highest BCUT2D eigenvalue weighted by molar-refractivity contribution is 7.11. The van der Waals surface area contributed by atoms with Crippen LogP contribution < -0.4 is 5.32 Å². The maximum atomic E-state index is 13.6. The Labute approximate surface area is 164 Å². The first-order chi connectivity index (χ1) is 12.5. The number of nitrogens with zero attached hydrogens (tertiary/aromatic N) is 2. The van der Waals surface area contributed by atoms with Crippen LogP contribution in [0, 0.1) is 24.1 Å². The van der Waals surface area contributed by atoms with E-state index in [0.29, 0.717) is 37.6 Å². The Morgan fingerprint density at radius 2 is 2.04 bits per heavy atom. The van der Waals surface area contributed by atoms with Gasteiger partial charge < -0.3 is 5.32 Å². The van der Waals surface area contributed by atoms with Gasteiger partial charge in [-0.25, -0.2) is 9.37 Å². The summed E-state index contributed by atoms with van der Waals surface area (Å²) in [4.78, 5) is 4.48. The Hall–Kier alpha value is -2.39. The molecule has 0 aliphatic rings. The van der Waals surface area contributed by atoms with Crippen LogP contribution in [0.15, 0.2) is 48.0 Å². The molecular weight excluding hydrogens is 392 g/mol. The van der Waals surface area contributed by atoms with E-state index in [1.165, 1.54) is 23.6 Å². The second kappa shape index (κ2) is 7.88. The summed E-state index contributed by atoms with van der Waals surface area (Å²) in [6, 6.07) is 12.1. The summed E-state index contributed by atoms with van der Waals surface area (Å²) >= 11 is 13.3. The first-order valence-electron chi connectivity index (χ1n) is 7.52. The van der Waals surface area contributed by atoms with Gasteiger partial charge in [0.05, 0.1) is 15.7 Å². The molecular formula is C19H12Cl2FN3S. The predicted molar refractivity (Wildman–Crippen MR) is 106 cm³/mol. The maximum absolute atomic E-state index is 13.6. The molecule has 3 aromatic rings. The van der Waals surface area contributed by atoms with Gasteiger partial charge in [-0.3, -0.25) is 0 Å². The number of allylic oxidation sites excluding steroid dienone is 1. The lowest BCUT2D eigenvalue weighted by molar-refractivity contribution is 0.619. The minimum atomic E-state index is -0.307. The molecule has 3 rings (SSSR count). The number of aromatic nitrogens is 1. The molecule has 1 N–H and O–H groups in total. The molecule has 2 aromatic carbocycles. The topological polar surface area (TPSA) is 48.7 Å². The van der Waals surface area contributed by atoms with E-state index < -0.39 is 0 Å². The van der Waals surface area contributed by atoms with Crippen LogP contribution in [0.2, 0.25) is 10.0 Å². The van der Waals surface area contributed by atoms with Gasteiger partial charge >= 0.3 is 0 Å². The molecule has 1 aromatic heterocycles. The van der Waals surface area contributed by atoms with E-state index in [2.05, 4.69) is 16.4 Å². The first-order valence-corrected chi connectivity index (χ1v) is 9.16. The van der Waals surface area contributed by atoms with Crippen LogP contribution in [0.4, 0.5) is 10.1 Å². The molecule has 0 radical (unpaired) electrons. The molecule has 0 unspecified atom stereocenters. The number of benzene rings is 2. The molecule has 0 amide bonds. The molecule has 0 aliphatic carbocycles. The second-order valence-electron chi connectivity index (χ2n) is 5.44. The van der Waals surface area contributed by atoms with Gasteiger partial charge in [0.25, 0.3) is 0 Å². The quantitative estimate of drug-likeness (QED) is 0.502. The third-order valence-electron chi connectivity index (χ3n) is 3.63. The second-order valence-corrected chi connectivity index (χ2v) is 7.12. The molecule has 0 atom stereocenters. The molecule has 1 heterocycles. The minimum absolute atomic E-state index is 0.307. The minimum Gasteiger partial charge on any atom is -0.360 e. The zero-order valence-corrected chi connectivity index (χ0v) is 15.9. The van der Waals surface area contributed by atoms with Crippen LogP contribution in [0.1, 0.15) is 10.6 Å². The molecule has 130 valence electrons. The lowest BCUT2D eigenvalue weighted by Gasteiger charge is -2.03. The molecule has 0 fully saturated rings. The van der Waals surface area contributed by atoms with Crippen molar-refractivity contribution in [2.24, 2.45) is 0 Å². The van der Waals surface area contributed by atoms with E-state index in [4.69, 9.17) is 23.2 Å². The van der Waals surface area contributed by atoms with E-state index in [0.717, 1.165) is 5.56 Å². The Morgan fingerprint density at radius 1 is 1.23 bits per heavy atom. The molecule has 0 aliphatic heterocycles. The van der Waals surface area contributed by atoms with Crippen molar-refractivity contribution in [3.8, 4) is 17.3 Å². The SMILES string of the molecule is Cc1ccc(N/C=C(\C#N)c2nc(-c3ccc(Cl)c(Cl)c3)cs2)cc1F. The van der Waals surface area contributed by atoms with Crippen molar-refractivity contribution in [1.82, 2.24) is 4.98 Å². The van der Waals surface area contributed by atoms with Gasteiger partial charge in [-0.15, -0.1) is 11.3 Å². The Bertz CT molecular complexity index is 1040. The van der Waals surface area contributed by atoms with Gasteiger partial charge in [0.15, 0.2) is 0 Å². The lowest BCUT2D eigenvalue weighted by atomic mass is 10.2. The van der Waals surface area contributed by atoms with Crippen LogP contribution >= 0.6 is 34.5 Å². The zero-order chi connectivity index (χ0) is 18.7. The highest BCUT2D eigenvalue weighted by Gasteiger charge is 2.10. The molecule has 3 nitrogen and oxygen atoms in total. The Kier molecular flexibility index (Phi) is 5.58. The third-order valence-corrected chi connectivity index (χ3v) is 5.24. The number of aryl methyl sites for hydroxylation is 1. The average Bonchev–Trinajstić information content (AvgIpc) is 3.11. The molecule has 26 heavy (non-hydrogen) atoms. The number of rotatable bonds is 4. The fraction of sp³-hybridized carbons (Fsp3) is 0.0526. The smallest absolute Gasteiger partial charge is 0.136 e. The van der Waals surface area contributed by atoms with Crippen molar-refractivity contribution in [2.45, 2.75) is 6.92 Å². The molecule has 0 bridgehead atoms. The molecule has 0 saturated carbocycles. The van der Waals surface area contributed by atoms with Crippen molar-refractivity contribution in [1.29, 1.82) is 5.26 Å². The zero-order valence-electron chi connectivity index (χ0n) is 13.6. The highest BCUT2D eigenvalue weighted by Crippen LogP contribution is 2.30. The van der Waals surface area contributed by atoms with Crippen molar-refractivity contribution in [3.05, 3.63) is 74.4 Å². The highest BCUT2D eigenvalue weighted by atomic mass is 35.5. The van der Waals surface area contributed by atoms with Crippen molar-refractivity contribution in [3.63, 3.8) is 0 Å². The summed E-state index contributed by atoms with van der Waals surface area (Å²) in [6.07, 6.45) is 1.52. The fourth-order valence-corrected chi connectivity index (χ4v) is 3.26. The van der Waals surface area contributed by atoms with E-state index in [1.807, 2.05) is 11.4 Å². The standard InChI is InChI=1S/C19H12Cl2FN3S/c1-11-2-4-14(7-17(11)22)24-9-13(8-23)19-25-18(10-26-19)12-3-5-15(20)16(21)6-12/h2-7,9-10,24H,1H3/b13-9+. The lowest BCUT2D eigenvalue weighted by Crippen LogP contribution is -1.93. The van der Waals surface area contributed by atoms with Crippen LogP contribution in [0.25, 0.3) is 16.8 Å². The summed E-state index contributed by atoms with van der Waals surface area (Å²) in [5.74, 6) is -0.307. The van der Waals surface area contributed by atoms with Crippen LogP contribution in [-0.4, -0.2) is 4.98 Å². The fourth-order valence-electron chi connectivity index (χ4n) is 2.17. The molecule has 7 heteroatoms. The molecule has 0 spiro atoms. The summed E-state index contributed by atoms with van der Waals surface area (Å²) < 4.78 is 13.6. The van der Waals surface area contributed by atoms with Crippen LogP contribution in [-0.2, 0) is 0 Å².